The second-order valence-corrected chi connectivity index (χ2v) is 4.63. The zero-order valence-corrected chi connectivity index (χ0v) is 12.3. The Bertz CT molecular complexity index is 454. The van der Waals surface area contributed by atoms with Crippen molar-refractivity contribution in [1.29, 1.82) is 0 Å². The molecule has 5 nitrogen and oxygen atoms in total. The van der Waals surface area contributed by atoms with Crippen molar-refractivity contribution in [1.82, 2.24) is 5.32 Å². The van der Waals surface area contributed by atoms with Crippen LogP contribution in [-0.2, 0) is 19.1 Å². The Hall–Kier alpha value is -1.88. The Morgan fingerprint density at radius 2 is 1.85 bits per heavy atom. The molecule has 0 radical (unpaired) electrons. The number of rotatable bonds is 6. The van der Waals surface area contributed by atoms with E-state index in [9.17, 15) is 9.59 Å². The molecular formula is C15H21NO4. The van der Waals surface area contributed by atoms with Crippen molar-refractivity contribution in [3.8, 4) is 0 Å². The molecule has 1 rings (SSSR count). The van der Waals surface area contributed by atoms with Crippen LogP contribution in [0, 0.1) is 0 Å². The summed E-state index contributed by atoms with van der Waals surface area (Å²) < 4.78 is 9.99. The van der Waals surface area contributed by atoms with E-state index in [0.29, 0.717) is 12.0 Å². The van der Waals surface area contributed by atoms with Crippen molar-refractivity contribution in [2.75, 3.05) is 14.2 Å². The molecule has 0 aliphatic heterocycles. The van der Waals surface area contributed by atoms with Gasteiger partial charge in [0.1, 0.15) is 5.60 Å². The van der Waals surface area contributed by atoms with E-state index in [2.05, 4.69) is 5.32 Å². The maximum Gasteiger partial charge on any atom is 0.333 e. The van der Waals surface area contributed by atoms with Gasteiger partial charge in [-0.1, -0.05) is 37.3 Å². The third-order valence-electron chi connectivity index (χ3n) is 3.45. The summed E-state index contributed by atoms with van der Waals surface area (Å²) in [6.07, 6.45) is 0.498. The highest BCUT2D eigenvalue weighted by Gasteiger charge is 2.34. The third kappa shape index (κ3) is 3.57. The molecule has 110 valence electrons. The van der Waals surface area contributed by atoms with Gasteiger partial charge in [0.2, 0.25) is 0 Å². The van der Waals surface area contributed by atoms with E-state index in [-0.39, 0.29) is 5.91 Å². The minimum absolute atomic E-state index is 0.346. The van der Waals surface area contributed by atoms with E-state index in [0.717, 1.165) is 0 Å². The molecule has 0 aliphatic rings. The minimum Gasteiger partial charge on any atom is -0.467 e. The molecule has 0 aliphatic carbocycles. The number of hydrogen-bond donors (Lipinski definition) is 1. The molecule has 0 saturated carbocycles. The van der Waals surface area contributed by atoms with Crippen molar-refractivity contribution in [3.63, 3.8) is 0 Å². The predicted octanol–water partition coefficient (Wildman–Crippen LogP) is 1.83. The maximum atomic E-state index is 12.3. The number of nitrogens with one attached hydrogen (secondary N) is 1. The van der Waals surface area contributed by atoms with Crippen molar-refractivity contribution >= 4 is 11.9 Å². The largest absolute Gasteiger partial charge is 0.467 e. The summed E-state index contributed by atoms with van der Waals surface area (Å²) >= 11 is 0. The molecule has 0 aromatic heterocycles. The number of benzene rings is 1. The van der Waals surface area contributed by atoms with Gasteiger partial charge in [-0.2, -0.15) is 0 Å². The van der Waals surface area contributed by atoms with Crippen LogP contribution in [0.15, 0.2) is 30.3 Å². The lowest BCUT2D eigenvalue weighted by Crippen LogP contribution is -2.48. The average Bonchev–Trinajstić information content (AvgIpc) is 2.51. The average molecular weight is 279 g/mol. The van der Waals surface area contributed by atoms with Gasteiger partial charge in [-0.25, -0.2) is 4.79 Å². The van der Waals surface area contributed by atoms with E-state index >= 15 is 0 Å². The van der Waals surface area contributed by atoms with E-state index in [1.54, 1.807) is 31.2 Å². The first-order valence-corrected chi connectivity index (χ1v) is 6.47. The molecule has 0 spiro atoms. The highest BCUT2D eigenvalue weighted by Crippen LogP contribution is 2.19. The number of carbonyl (C=O) groups excluding carboxylic acids is 2. The first-order chi connectivity index (χ1) is 9.48. The van der Waals surface area contributed by atoms with E-state index in [1.165, 1.54) is 14.2 Å². The van der Waals surface area contributed by atoms with Gasteiger partial charge in [0.05, 0.1) is 7.11 Å². The second-order valence-electron chi connectivity index (χ2n) is 4.63. The number of hydrogen-bond acceptors (Lipinski definition) is 4. The molecule has 1 aromatic carbocycles. The molecule has 0 unspecified atom stereocenters. The molecular weight excluding hydrogens is 258 g/mol. The topological polar surface area (TPSA) is 64.6 Å². The molecule has 1 amide bonds. The van der Waals surface area contributed by atoms with Crippen LogP contribution in [0.3, 0.4) is 0 Å². The number of esters is 1. The molecule has 0 bridgehead atoms. The van der Waals surface area contributed by atoms with Crippen LogP contribution in [0.2, 0.25) is 0 Å². The summed E-state index contributed by atoms with van der Waals surface area (Å²) in [5, 5.41) is 2.69. The molecule has 2 atom stereocenters. The van der Waals surface area contributed by atoms with Crippen LogP contribution < -0.4 is 5.32 Å². The number of ether oxygens (including phenoxy) is 2. The van der Waals surface area contributed by atoms with Crippen LogP contribution in [0.1, 0.15) is 31.9 Å². The summed E-state index contributed by atoms with van der Waals surface area (Å²) in [4.78, 5) is 24.2. The summed E-state index contributed by atoms with van der Waals surface area (Å²) in [6.45, 7) is 3.53. The number of amides is 1. The molecule has 5 heteroatoms. The van der Waals surface area contributed by atoms with Gasteiger partial charge in [-0.05, 0) is 18.9 Å². The van der Waals surface area contributed by atoms with Crippen LogP contribution in [0.5, 0.6) is 0 Å². The van der Waals surface area contributed by atoms with Crippen LogP contribution in [0.25, 0.3) is 0 Å². The van der Waals surface area contributed by atoms with E-state index < -0.39 is 17.6 Å². The minimum atomic E-state index is -0.971. The van der Waals surface area contributed by atoms with Gasteiger partial charge < -0.3 is 14.8 Å². The zero-order chi connectivity index (χ0) is 15.2. The smallest absolute Gasteiger partial charge is 0.333 e. The van der Waals surface area contributed by atoms with Gasteiger partial charge in [-0.15, -0.1) is 0 Å². The quantitative estimate of drug-likeness (QED) is 0.807. The standard InChI is InChI=1S/C15H21NO4/c1-5-15(2,20-4)14(18)16-12(13(17)19-3)11-9-7-6-8-10-11/h6-10,12H,5H2,1-4H3,(H,16,18)/t12-,15-/m0/s1. The maximum absolute atomic E-state index is 12.3. The van der Waals surface area contributed by atoms with Gasteiger partial charge in [0, 0.05) is 7.11 Å². The SMILES string of the molecule is CC[C@](C)(OC)C(=O)N[C@H](C(=O)OC)c1ccccc1. The van der Waals surface area contributed by atoms with Crippen molar-refractivity contribution in [2.45, 2.75) is 31.9 Å². The highest BCUT2D eigenvalue weighted by molar-refractivity contribution is 5.90. The monoisotopic (exact) mass is 279 g/mol. The Kier molecular flexibility index (Phi) is 5.70. The Labute approximate surface area is 119 Å². The Morgan fingerprint density at radius 1 is 1.25 bits per heavy atom. The second kappa shape index (κ2) is 7.05. The van der Waals surface area contributed by atoms with Crippen LogP contribution >= 0.6 is 0 Å². The van der Waals surface area contributed by atoms with Crippen molar-refractivity contribution in [3.05, 3.63) is 35.9 Å². The van der Waals surface area contributed by atoms with Crippen molar-refractivity contribution < 1.29 is 19.1 Å². The first-order valence-electron chi connectivity index (χ1n) is 6.47. The van der Waals surface area contributed by atoms with Crippen molar-refractivity contribution in [2.24, 2.45) is 0 Å². The van der Waals surface area contributed by atoms with Gasteiger partial charge in [0.15, 0.2) is 6.04 Å². The molecule has 0 saturated heterocycles. The van der Waals surface area contributed by atoms with Crippen LogP contribution in [-0.4, -0.2) is 31.7 Å². The Morgan fingerprint density at radius 3 is 2.30 bits per heavy atom. The lowest BCUT2D eigenvalue weighted by Gasteiger charge is -2.27. The summed E-state index contributed by atoms with van der Waals surface area (Å²) in [7, 11) is 2.76. The zero-order valence-electron chi connectivity index (χ0n) is 12.3. The number of carbonyl (C=O) groups is 2. The molecule has 20 heavy (non-hydrogen) atoms. The summed E-state index contributed by atoms with van der Waals surface area (Å²) in [5.41, 5.74) is -0.302. The van der Waals surface area contributed by atoms with Gasteiger partial charge in [-0.3, -0.25) is 4.79 Å². The fourth-order valence-electron chi connectivity index (χ4n) is 1.72. The third-order valence-corrected chi connectivity index (χ3v) is 3.45. The normalized spacial score (nSPS) is 15.0. The van der Waals surface area contributed by atoms with Gasteiger partial charge >= 0.3 is 5.97 Å². The highest BCUT2D eigenvalue weighted by atomic mass is 16.5. The lowest BCUT2D eigenvalue weighted by atomic mass is 10.00. The fraction of sp³-hybridized carbons (Fsp3) is 0.467. The molecule has 0 fully saturated rings. The van der Waals surface area contributed by atoms with E-state index in [1.807, 2.05) is 13.0 Å². The molecule has 0 heterocycles. The predicted molar refractivity (Wildman–Crippen MR) is 75.0 cm³/mol. The summed E-state index contributed by atoms with van der Waals surface area (Å²) in [6, 6.07) is 8.12. The fourth-order valence-corrected chi connectivity index (χ4v) is 1.72. The summed E-state index contributed by atoms with van der Waals surface area (Å²) in [5.74, 6) is -0.860. The van der Waals surface area contributed by atoms with Gasteiger partial charge in [0.25, 0.3) is 5.91 Å². The molecule has 1 N–H and O–H groups in total. The molecule has 1 aromatic rings. The van der Waals surface area contributed by atoms with E-state index in [4.69, 9.17) is 9.47 Å². The lowest BCUT2D eigenvalue weighted by molar-refractivity contribution is -0.150. The first kappa shape index (κ1) is 16.2. The van der Waals surface area contributed by atoms with Crippen LogP contribution in [0.4, 0.5) is 0 Å². The number of methoxy groups -OCH3 is 2. The Balaban J connectivity index is 2.98.